The Labute approximate surface area is 148 Å². The lowest BCUT2D eigenvalue weighted by Gasteiger charge is -2.14. The number of carbonyl (C=O) groups is 2. The van der Waals surface area contributed by atoms with Crippen LogP contribution in [0.3, 0.4) is 0 Å². The van der Waals surface area contributed by atoms with Crippen molar-refractivity contribution in [1.82, 2.24) is 5.32 Å². The molecule has 0 bridgehead atoms. The Kier molecular flexibility index (Phi) is 4.83. The number of carbonyl (C=O) groups excluding carboxylic acids is 2. The van der Waals surface area contributed by atoms with Gasteiger partial charge in [0.25, 0.3) is 5.91 Å². The Bertz CT molecular complexity index is 958. The third-order valence-corrected chi connectivity index (χ3v) is 4.06. The van der Waals surface area contributed by atoms with E-state index in [1.807, 2.05) is 0 Å². The first kappa shape index (κ1) is 17.1. The molecule has 2 aromatic carbocycles. The van der Waals surface area contributed by atoms with Crippen LogP contribution in [-0.2, 0) is 16.0 Å². The van der Waals surface area contributed by atoms with Crippen LogP contribution in [-0.4, -0.2) is 17.9 Å². The minimum Gasteiger partial charge on any atom is -0.323 e. The van der Waals surface area contributed by atoms with Gasteiger partial charge in [0.15, 0.2) is 0 Å². The summed E-state index contributed by atoms with van der Waals surface area (Å²) in [4.78, 5) is 23.7. The predicted molar refractivity (Wildman–Crippen MR) is 93.5 cm³/mol. The summed E-state index contributed by atoms with van der Waals surface area (Å²) in [6.45, 7) is 0. The molecule has 127 valence electrons. The molecule has 5 nitrogen and oxygen atoms in total. The molecule has 1 heterocycles. The number of amides is 2. The van der Waals surface area contributed by atoms with E-state index in [0.717, 1.165) is 5.56 Å². The Morgan fingerprint density at radius 1 is 1.24 bits per heavy atom. The summed E-state index contributed by atoms with van der Waals surface area (Å²) in [5.74, 6) is -1.15. The monoisotopic (exact) mass is 358 g/mol. The lowest BCUT2D eigenvalue weighted by atomic mass is 10.1. The molecule has 3 N–H and O–H groups in total. The van der Waals surface area contributed by atoms with Crippen molar-refractivity contribution < 1.29 is 14.0 Å². The van der Waals surface area contributed by atoms with Crippen LogP contribution in [0, 0.1) is 5.82 Å². The molecule has 1 radical (unpaired) electrons. The van der Waals surface area contributed by atoms with Crippen LogP contribution >= 0.6 is 11.6 Å². The number of fused-ring (bicyclic) bond motifs is 1. The van der Waals surface area contributed by atoms with E-state index in [0.29, 0.717) is 21.1 Å². The van der Waals surface area contributed by atoms with Gasteiger partial charge in [-0.15, -0.1) is 0 Å². The van der Waals surface area contributed by atoms with Gasteiger partial charge in [0.05, 0.1) is 16.8 Å². The Morgan fingerprint density at radius 3 is 2.68 bits per heavy atom. The number of rotatable bonds is 4. The highest BCUT2D eigenvalue weighted by Crippen LogP contribution is 2.18. The molecule has 7 heteroatoms. The summed E-state index contributed by atoms with van der Waals surface area (Å²) in [5.41, 5.74) is 7.02. The molecule has 1 atom stereocenters. The van der Waals surface area contributed by atoms with E-state index in [-0.39, 0.29) is 18.1 Å². The topological polar surface area (TPSA) is 86.3 Å². The van der Waals surface area contributed by atoms with Crippen molar-refractivity contribution in [3.8, 4) is 0 Å². The summed E-state index contributed by atoms with van der Waals surface area (Å²) in [7, 11) is 0. The highest BCUT2D eigenvalue weighted by atomic mass is 35.5. The van der Waals surface area contributed by atoms with Crippen molar-refractivity contribution in [2.24, 2.45) is 5.73 Å². The summed E-state index contributed by atoms with van der Waals surface area (Å²) >= 11 is 6.17. The predicted octanol–water partition coefficient (Wildman–Crippen LogP) is 0.651. The van der Waals surface area contributed by atoms with Gasteiger partial charge < -0.3 is 11.1 Å². The van der Waals surface area contributed by atoms with Crippen LogP contribution in [0.15, 0.2) is 36.4 Å². The van der Waals surface area contributed by atoms with E-state index in [2.05, 4.69) is 10.6 Å². The molecule has 25 heavy (non-hydrogen) atoms. The first-order valence-electron chi connectivity index (χ1n) is 7.49. The SMILES string of the molecule is NC(Cc1ccc(F)cc1)C(=O)Nc1cc2c(cc1Cl)=C[N]C(=O)C=2. The highest BCUT2D eigenvalue weighted by Gasteiger charge is 2.16. The molecule has 1 aliphatic rings. The fourth-order valence-electron chi connectivity index (χ4n) is 2.43. The first-order chi connectivity index (χ1) is 11.9. The van der Waals surface area contributed by atoms with Gasteiger partial charge in [-0.3, -0.25) is 9.59 Å². The van der Waals surface area contributed by atoms with E-state index in [9.17, 15) is 14.0 Å². The molecule has 0 saturated heterocycles. The second-order valence-corrected chi connectivity index (χ2v) is 6.04. The number of halogens is 2. The molecular weight excluding hydrogens is 345 g/mol. The Balaban J connectivity index is 1.76. The Hall–Kier alpha value is -2.70. The molecule has 0 saturated carbocycles. The molecule has 1 unspecified atom stereocenters. The number of benzene rings is 2. The fourth-order valence-corrected chi connectivity index (χ4v) is 2.65. The number of anilines is 1. The number of nitrogens with one attached hydrogen (secondary N) is 1. The minimum atomic E-state index is -0.829. The number of hydrogen-bond acceptors (Lipinski definition) is 3. The van der Waals surface area contributed by atoms with Gasteiger partial charge in [-0.05, 0) is 41.5 Å². The molecule has 0 spiro atoms. The van der Waals surface area contributed by atoms with Crippen LogP contribution in [0.2, 0.25) is 5.02 Å². The summed E-state index contributed by atoms with van der Waals surface area (Å²) < 4.78 is 12.9. The maximum Gasteiger partial charge on any atom is 0.270 e. The molecule has 0 aromatic heterocycles. The lowest BCUT2D eigenvalue weighted by Crippen LogP contribution is -2.38. The van der Waals surface area contributed by atoms with Crippen molar-refractivity contribution in [2.45, 2.75) is 12.5 Å². The van der Waals surface area contributed by atoms with Crippen molar-refractivity contribution in [3.05, 3.63) is 63.2 Å². The van der Waals surface area contributed by atoms with Gasteiger partial charge in [0, 0.05) is 17.5 Å². The van der Waals surface area contributed by atoms with E-state index in [1.54, 1.807) is 24.3 Å². The first-order valence-corrected chi connectivity index (χ1v) is 7.87. The zero-order valence-electron chi connectivity index (χ0n) is 13.0. The van der Waals surface area contributed by atoms with Crippen LogP contribution in [0.1, 0.15) is 5.56 Å². The van der Waals surface area contributed by atoms with Gasteiger partial charge in [-0.25, -0.2) is 9.71 Å². The normalized spacial score (nSPS) is 13.8. The van der Waals surface area contributed by atoms with Gasteiger partial charge in [0.1, 0.15) is 5.82 Å². The van der Waals surface area contributed by atoms with E-state index >= 15 is 0 Å². The van der Waals surface area contributed by atoms with Gasteiger partial charge in [-0.2, -0.15) is 0 Å². The zero-order valence-corrected chi connectivity index (χ0v) is 13.8. The second kappa shape index (κ2) is 7.04. The van der Waals surface area contributed by atoms with Crippen LogP contribution in [0.25, 0.3) is 12.3 Å². The van der Waals surface area contributed by atoms with E-state index < -0.39 is 11.9 Å². The third-order valence-electron chi connectivity index (χ3n) is 3.75. The summed E-state index contributed by atoms with van der Waals surface area (Å²) in [5, 5.41) is 7.96. The molecular formula is C18H14ClFN3O2. The molecule has 2 amide bonds. The van der Waals surface area contributed by atoms with Gasteiger partial charge in [-0.1, -0.05) is 23.7 Å². The average molecular weight is 359 g/mol. The van der Waals surface area contributed by atoms with Crippen LogP contribution in [0.4, 0.5) is 10.1 Å². The van der Waals surface area contributed by atoms with Crippen LogP contribution in [0.5, 0.6) is 0 Å². The van der Waals surface area contributed by atoms with Crippen molar-refractivity contribution in [2.75, 3.05) is 5.32 Å². The van der Waals surface area contributed by atoms with Crippen molar-refractivity contribution >= 4 is 41.4 Å². The molecule has 1 aliphatic heterocycles. The summed E-state index contributed by atoms with van der Waals surface area (Å²) in [6, 6.07) is 8.17. The average Bonchev–Trinajstić information content (AvgIpc) is 2.58. The minimum absolute atomic E-state index is 0.256. The van der Waals surface area contributed by atoms with Crippen molar-refractivity contribution in [1.29, 1.82) is 0 Å². The largest absolute Gasteiger partial charge is 0.323 e. The number of nitrogens with two attached hydrogens (primary N) is 1. The molecule has 3 rings (SSSR count). The number of nitrogens with zero attached hydrogens (tertiary/aromatic N) is 1. The van der Waals surface area contributed by atoms with Gasteiger partial charge >= 0.3 is 0 Å². The third kappa shape index (κ3) is 4.04. The molecule has 0 fully saturated rings. The maximum atomic E-state index is 12.9. The van der Waals surface area contributed by atoms with E-state index in [1.165, 1.54) is 24.4 Å². The molecule has 2 aromatic rings. The molecule has 0 aliphatic carbocycles. The van der Waals surface area contributed by atoms with Crippen LogP contribution < -0.4 is 26.8 Å². The smallest absolute Gasteiger partial charge is 0.270 e. The quantitative estimate of drug-likeness (QED) is 0.841. The summed E-state index contributed by atoms with van der Waals surface area (Å²) in [6.07, 6.45) is 3.04. The van der Waals surface area contributed by atoms with E-state index in [4.69, 9.17) is 17.3 Å². The highest BCUT2D eigenvalue weighted by molar-refractivity contribution is 6.33. The maximum absolute atomic E-state index is 12.9. The second-order valence-electron chi connectivity index (χ2n) is 5.63. The Morgan fingerprint density at radius 2 is 1.96 bits per heavy atom. The standard InChI is InChI=1S/C18H14ClFN3O2/c19-14-6-12-9-22-17(24)8-11(12)7-16(14)23-18(25)15(21)5-10-1-3-13(20)4-2-10/h1-4,6-9,15H,5,21H2,(H,23,25). The fraction of sp³-hybridized carbons (Fsp3) is 0.111. The lowest BCUT2D eigenvalue weighted by molar-refractivity contribution is -0.117. The zero-order chi connectivity index (χ0) is 18.0. The van der Waals surface area contributed by atoms with Crippen molar-refractivity contribution in [3.63, 3.8) is 0 Å². The number of hydrogen-bond donors (Lipinski definition) is 2. The van der Waals surface area contributed by atoms with Gasteiger partial charge in [0.2, 0.25) is 5.91 Å².